The lowest BCUT2D eigenvalue weighted by molar-refractivity contribution is -0.00205. The molecule has 0 amide bonds. The van der Waals surface area contributed by atoms with E-state index in [9.17, 15) is 0 Å². The highest BCUT2D eigenvalue weighted by atomic mass is 16.5. The zero-order valence-electron chi connectivity index (χ0n) is 6.18. The minimum atomic E-state index is 0.193. The van der Waals surface area contributed by atoms with Gasteiger partial charge in [0.15, 0.2) is 0 Å². The molecule has 1 aliphatic rings. The Hall–Kier alpha value is -0.0800. The second-order valence-electron chi connectivity index (χ2n) is 3.44. The van der Waals surface area contributed by atoms with Gasteiger partial charge in [0.05, 0.1) is 6.61 Å². The molecule has 1 heterocycles. The Bertz CT molecular complexity index is 101. The summed E-state index contributed by atoms with van der Waals surface area (Å²) in [7, 11) is 0. The molecule has 0 aromatic rings. The molecule has 54 valence electrons. The van der Waals surface area contributed by atoms with Gasteiger partial charge >= 0.3 is 0 Å². The fraction of sp³-hybridized carbons (Fsp3) is 1.00. The largest absolute Gasteiger partial charge is 0.381 e. The second kappa shape index (κ2) is 2.27. The number of hydrogen-bond donors (Lipinski definition) is 1. The molecule has 1 saturated heterocycles. The van der Waals surface area contributed by atoms with Crippen molar-refractivity contribution in [1.29, 1.82) is 0 Å². The van der Waals surface area contributed by atoms with Crippen molar-refractivity contribution >= 4 is 0 Å². The van der Waals surface area contributed by atoms with E-state index in [-0.39, 0.29) is 5.41 Å². The van der Waals surface area contributed by atoms with Crippen LogP contribution < -0.4 is 5.73 Å². The van der Waals surface area contributed by atoms with Crippen LogP contribution in [0.15, 0.2) is 0 Å². The summed E-state index contributed by atoms with van der Waals surface area (Å²) in [6, 6.07) is 0.325. The van der Waals surface area contributed by atoms with Crippen molar-refractivity contribution < 1.29 is 4.74 Å². The van der Waals surface area contributed by atoms with E-state index < -0.39 is 0 Å². The van der Waals surface area contributed by atoms with Gasteiger partial charge in [-0.3, -0.25) is 0 Å². The first-order chi connectivity index (χ1) is 4.13. The average Bonchev–Trinajstić information content (AvgIpc) is 1.77. The maximum atomic E-state index is 5.83. The van der Waals surface area contributed by atoms with E-state index in [2.05, 4.69) is 13.8 Å². The summed E-state index contributed by atoms with van der Waals surface area (Å²) in [6.07, 6.45) is 1.01. The first-order valence-electron chi connectivity index (χ1n) is 3.46. The number of rotatable bonds is 0. The summed E-state index contributed by atoms with van der Waals surface area (Å²) in [5.74, 6) is 0. The van der Waals surface area contributed by atoms with Gasteiger partial charge in [-0.15, -0.1) is 0 Å². The Morgan fingerprint density at radius 2 is 2.22 bits per heavy atom. The number of ether oxygens (including phenoxy) is 1. The zero-order valence-corrected chi connectivity index (χ0v) is 6.18. The van der Waals surface area contributed by atoms with E-state index in [0.29, 0.717) is 6.04 Å². The Kier molecular flexibility index (Phi) is 1.78. The van der Waals surface area contributed by atoms with Crippen molar-refractivity contribution in [2.24, 2.45) is 11.1 Å². The molecule has 1 fully saturated rings. The van der Waals surface area contributed by atoms with Crippen LogP contribution in [-0.2, 0) is 4.74 Å². The van der Waals surface area contributed by atoms with Gasteiger partial charge in [0, 0.05) is 18.1 Å². The van der Waals surface area contributed by atoms with Gasteiger partial charge in [-0.2, -0.15) is 0 Å². The van der Waals surface area contributed by atoms with Crippen molar-refractivity contribution in [2.45, 2.75) is 26.3 Å². The van der Waals surface area contributed by atoms with E-state index in [1.807, 2.05) is 0 Å². The van der Waals surface area contributed by atoms with Gasteiger partial charge in [0.2, 0.25) is 0 Å². The lowest BCUT2D eigenvalue weighted by Crippen LogP contribution is -2.45. The Balaban J connectivity index is 2.49. The summed E-state index contributed by atoms with van der Waals surface area (Å²) in [4.78, 5) is 0. The summed E-state index contributed by atoms with van der Waals surface area (Å²) in [6.45, 7) is 5.95. The van der Waals surface area contributed by atoms with Crippen LogP contribution in [-0.4, -0.2) is 19.3 Å². The zero-order chi connectivity index (χ0) is 6.91. The normalized spacial score (nSPS) is 34.3. The second-order valence-corrected chi connectivity index (χ2v) is 3.44. The lowest BCUT2D eigenvalue weighted by atomic mass is 9.83. The van der Waals surface area contributed by atoms with Gasteiger partial charge in [-0.05, 0) is 6.42 Å². The fourth-order valence-corrected chi connectivity index (χ4v) is 1.04. The molecular formula is C7H15NO. The van der Waals surface area contributed by atoms with Crippen molar-refractivity contribution in [3.8, 4) is 0 Å². The quantitative estimate of drug-likeness (QED) is 0.524. The predicted molar refractivity (Wildman–Crippen MR) is 37.2 cm³/mol. The molecule has 0 unspecified atom stereocenters. The minimum Gasteiger partial charge on any atom is -0.381 e. The van der Waals surface area contributed by atoms with Crippen LogP contribution in [0.2, 0.25) is 0 Å². The maximum absolute atomic E-state index is 5.83. The monoisotopic (exact) mass is 129 g/mol. The molecule has 1 atom stereocenters. The third-order valence-electron chi connectivity index (χ3n) is 2.05. The van der Waals surface area contributed by atoms with Crippen LogP contribution in [0, 0.1) is 5.41 Å². The van der Waals surface area contributed by atoms with Gasteiger partial charge in [-0.1, -0.05) is 13.8 Å². The standard InChI is InChI=1S/C7H15NO/c1-7(2)5-9-4-3-6(7)8/h6H,3-5,8H2,1-2H3/t6-/m0/s1. The Morgan fingerprint density at radius 3 is 2.56 bits per heavy atom. The third-order valence-corrected chi connectivity index (χ3v) is 2.05. The van der Waals surface area contributed by atoms with Crippen LogP contribution in [0.25, 0.3) is 0 Å². The molecule has 2 heteroatoms. The predicted octanol–water partition coefficient (Wildman–Crippen LogP) is 0.760. The first-order valence-corrected chi connectivity index (χ1v) is 3.46. The fourth-order valence-electron chi connectivity index (χ4n) is 1.04. The third kappa shape index (κ3) is 1.43. The van der Waals surface area contributed by atoms with Crippen LogP contribution in [0.5, 0.6) is 0 Å². The molecule has 0 bridgehead atoms. The maximum Gasteiger partial charge on any atom is 0.0531 e. The SMILES string of the molecule is CC1(C)COCC[C@@H]1N. The van der Waals surface area contributed by atoms with Crippen LogP contribution in [0.1, 0.15) is 20.3 Å². The van der Waals surface area contributed by atoms with Gasteiger partial charge in [0.25, 0.3) is 0 Å². The van der Waals surface area contributed by atoms with E-state index in [1.165, 1.54) is 0 Å². The van der Waals surface area contributed by atoms with Gasteiger partial charge in [-0.25, -0.2) is 0 Å². The molecule has 0 spiro atoms. The average molecular weight is 129 g/mol. The van der Waals surface area contributed by atoms with E-state index in [0.717, 1.165) is 19.6 Å². The molecule has 0 aromatic carbocycles. The van der Waals surface area contributed by atoms with Crippen LogP contribution in [0.3, 0.4) is 0 Å². The highest BCUT2D eigenvalue weighted by Crippen LogP contribution is 2.25. The van der Waals surface area contributed by atoms with Crippen molar-refractivity contribution in [1.82, 2.24) is 0 Å². The lowest BCUT2D eigenvalue weighted by Gasteiger charge is -2.35. The van der Waals surface area contributed by atoms with Gasteiger partial charge < -0.3 is 10.5 Å². The highest BCUT2D eigenvalue weighted by molar-refractivity contribution is 4.83. The Morgan fingerprint density at radius 1 is 1.56 bits per heavy atom. The summed E-state index contributed by atoms with van der Waals surface area (Å²) in [5.41, 5.74) is 6.03. The molecule has 1 aliphatic heterocycles. The van der Waals surface area contributed by atoms with Crippen LogP contribution in [0.4, 0.5) is 0 Å². The topological polar surface area (TPSA) is 35.2 Å². The number of hydrogen-bond acceptors (Lipinski definition) is 2. The van der Waals surface area contributed by atoms with E-state index >= 15 is 0 Å². The van der Waals surface area contributed by atoms with E-state index in [4.69, 9.17) is 10.5 Å². The molecule has 1 rings (SSSR count). The summed E-state index contributed by atoms with van der Waals surface area (Å²) < 4.78 is 5.28. The van der Waals surface area contributed by atoms with Crippen molar-refractivity contribution in [2.75, 3.05) is 13.2 Å². The molecule has 0 aliphatic carbocycles. The molecule has 2 N–H and O–H groups in total. The van der Waals surface area contributed by atoms with Crippen molar-refractivity contribution in [3.63, 3.8) is 0 Å². The molecule has 9 heavy (non-hydrogen) atoms. The molecule has 0 saturated carbocycles. The molecular weight excluding hydrogens is 114 g/mol. The molecule has 0 radical (unpaired) electrons. The van der Waals surface area contributed by atoms with E-state index in [1.54, 1.807) is 0 Å². The smallest absolute Gasteiger partial charge is 0.0531 e. The van der Waals surface area contributed by atoms with Crippen LogP contribution >= 0.6 is 0 Å². The highest BCUT2D eigenvalue weighted by Gasteiger charge is 2.29. The first kappa shape index (κ1) is 7.03. The minimum absolute atomic E-state index is 0.193. The number of nitrogens with two attached hydrogens (primary N) is 1. The van der Waals surface area contributed by atoms with Gasteiger partial charge in [0.1, 0.15) is 0 Å². The summed E-state index contributed by atoms with van der Waals surface area (Å²) >= 11 is 0. The van der Waals surface area contributed by atoms with Crippen molar-refractivity contribution in [3.05, 3.63) is 0 Å². The summed E-state index contributed by atoms with van der Waals surface area (Å²) in [5, 5.41) is 0. The molecule has 0 aromatic heterocycles. The molecule has 2 nitrogen and oxygen atoms in total. The Labute approximate surface area is 56.4 Å².